The van der Waals surface area contributed by atoms with Crippen LogP contribution in [0.3, 0.4) is 0 Å². The number of aliphatic hydroxyl groups is 1. The van der Waals surface area contributed by atoms with Crippen LogP contribution in [0.4, 0.5) is 10.2 Å². The average molecular weight is 410 g/mol. The molecule has 8 heteroatoms. The molecular formula is C22H23FN4O3. The molecule has 0 aliphatic heterocycles. The molecule has 1 saturated carbocycles. The van der Waals surface area contributed by atoms with Crippen LogP contribution in [-0.2, 0) is 11.8 Å². The van der Waals surface area contributed by atoms with Gasteiger partial charge in [-0.3, -0.25) is 14.6 Å². The molecule has 1 fully saturated rings. The molecule has 0 aromatic carbocycles. The van der Waals surface area contributed by atoms with Crippen LogP contribution < -0.4 is 10.9 Å². The van der Waals surface area contributed by atoms with Crippen molar-refractivity contribution in [3.63, 3.8) is 0 Å². The van der Waals surface area contributed by atoms with Gasteiger partial charge in [-0.1, -0.05) is 6.92 Å². The molecule has 156 valence electrons. The van der Waals surface area contributed by atoms with Crippen LogP contribution in [0.25, 0.3) is 22.0 Å². The number of hydrogen-bond acceptors (Lipinski definition) is 5. The van der Waals surface area contributed by atoms with E-state index in [0.717, 1.165) is 12.8 Å². The average Bonchev–Trinajstić information content (AvgIpc) is 3.58. The van der Waals surface area contributed by atoms with Crippen molar-refractivity contribution in [2.24, 2.45) is 13.0 Å². The van der Waals surface area contributed by atoms with E-state index >= 15 is 4.39 Å². The fourth-order valence-corrected chi connectivity index (χ4v) is 3.50. The van der Waals surface area contributed by atoms with Gasteiger partial charge < -0.3 is 15.0 Å². The second-order valence-corrected chi connectivity index (χ2v) is 7.75. The summed E-state index contributed by atoms with van der Waals surface area (Å²) in [6.45, 7) is 3.59. The number of nitrogens with one attached hydrogen (secondary N) is 1. The Balaban J connectivity index is 1.82. The molecule has 3 aromatic heterocycles. The van der Waals surface area contributed by atoms with Gasteiger partial charge in [0.2, 0.25) is 5.91 Å². The third-order valence-electron chi connectivity index (χ3n) is 5.55. The number of nitrogens with zero attached hydrogens (tertiary/aromatic N) is 3. The molecule has 1 unspecified atom stereocenters. The van der Waals surface area contributed by atoms with Gasteiger partial charge in [0.15, 0.2) is 0 Å². The zero-order valence-corrected chi connectivity index (χ0v) is 17.1. The van der Waals surface area contributed by atoms with Crippen molar-refractivity contribution in [3.05, 3.63) is 52.0 Å². The highest BCUT2D eigenvalue weighted by molar-refractivity contribution is 5.95. The lowest BCUT2D eigenvalue weighted by Gasteiger charge is -2.15. The summed E-state index contributed by atoms with van der Waals surface area (Å²) in [5.41, 5.74) is 1.22. The molecule has 1 aliphatic rings. The number of amides is 1. The third-order valence-corrected chi connectivity index (χ3v) is 5.55. The number of carbonyl (C=O) groups is 1. The van der Waals surface area contributed by atoms with Crippen LogP contribution in [0.5, 0.6) is 0 Å². The first-order valence-corrected chi connectivity index (χ1v) is 9.95. The van der Waals surface area contributed by atoms with Crippen molar-refractivity contribution >= 4 is 22.6 Å². The normalized spacial score (nSPS) is 14.7. The van der Waals surface area contributed by atoms with Gasteiger partial charge in [0.1, 0.15) is 11.6 Å². The van der Waals surface area contributed by atoms with E-state index in [1.165, 1.54) is 23.0 Å². The molecule has 0 bridgehead atoms. The number of anilines is 1. The monoisotopic (exact) mass is 410 g/mol. The standard InChI is InChI=1S/C22H23FN4O3/c1-4-17(28)15-7-11(2)13(9-24-15)19-20(23)14-10-25-18(26-21(29)12-5-6-12)8-16(14)27(3)22(19)30/h7-10,12,17,28H,4-6H2,1-3H3,(H,25,26,29). The van der Waals surface area contributed by atoms with Crippen molar-refractivity contribution in [2.45, 2.75) is 39.2 Å². The van der Waals surface area contributed by atoms with Crippen LogP contribution in [0.15, 0.2) is 29.3 Å². The fourth-order valence-electron chi connectivity index (χ4n) is 3.50. The summed E-state index contributed by atoms with van der Waals surface area (Å²) in [7, 11) is 1.55. The highest BCUT2D eigenvalue weighted by Gasteiger charge is 2.30. The largest absolute Gasteiger partial charge is 0.387 e. The van der Waals surface area contributed by atoms with Crippen molar-refractivity contribution in [1.82, 2.24) is 14.5 Å². The summed E-state index contributed by atoms with van der Waals surface area (Å²) >= 11 is 0. The molecule has 1 atom stereocenters. The maximum Gasteiger partial charge on any atom is 0.261 e. The molecule has 1 aliphatic carbocycles. The van der Waals surface area contributed by atoms with Crippen molar-refractivity contribution in [2.75, 3.05) is 5.32 Å². The second kappa shape index (κ2) is 7.60. The van der Waals surface area contributed by atoms with Gasteiger partial charge in [-0.2, -0.15) is 0 Å². The van der Waals surface area contributed by atoms with E-state index in [0.29, 0.717) is 28.8 Å². The van der Waals surface area contributed by atoms with Crippen LogP contribution in [0.1, 0.15) is 43.5 Å². The molecule has 3 heterocycles. The second-order valence-electron chi connectivity index (χ2n) is 7.75. The predicted octanol–water partition coefficient (Wildman–Crippen LogP) is 3.23. The van der Waals surface area contributed by atoms with Gasteiger partial charge in [0.25, 0.3) is 5.56 Å². The maximum atomic E-state index is 15.4. The summed E-state index contributed by atoms with van der Waals surface area (Å²) in [5.74, 6) is -0.498. The molecule has 3 aromatic rings. The predicted molar refractivity (Wildman–Crippen MR) is 112 cm³/mol. The number of hydrogen-bond donors (Lipinski definition) is 2. The lowest BCUT2D eigenvalue weighted by Crippen LogP contribution is -2.22. The van der Waals surface area contributed by atoms with Crippen molar-refractivity contribution in [3.8, 4) is 11.1 Å². The minimum Gasteiger partial charge on any atom is -0.387 e. The van der Waals surface area contributed by atoms with Gasteiger partial charge in [-0.05, 0) is 37.8 Å². The third kappa shape index (κ3) is 3.47. The number of aliphatic hydroxyl groups excluding tert-OH is 1. The van der Waals surface area contributed by atoms with Crippen LogP contribution in [-0.4, -0.2) is 25.5 Å². The SMILES string of the molecule is CCC(O)c1cc(C)c(-c2c(F)c3cnc(NC(=O)C4CC4)cc3n(C)c2=O)cn1. The Morgan fingerprint density at radius 1 is 1.33 bits per heavy atom. The van der Waals surface area contributed by atoms with Gasteiger partial charge >= 0.3 is 0 Å². The Morgan fingerprint density at radius 2 is 2.07 bits per heavy atom. The van der Waals surface area contributed by atoms with E-state index in [4.69, 9.17) is 0 Å². The number of rotatable bonds is 5. The lowest BCUT2D eigenvalue weighted by molar-refractivity contribution is -0.117. The van der Waals surface area contributed by atoms with Gasteiger partial charge in [-0.25, -0.2) is 9.37 Å². The van der Waals surface area contributed by atoms with E-state index < -0.39 is 17.5 Å². The van der Waals surface area contributed by atoms with E-state index in [1.54, 1.807) is 20.0 Å². The summed E-state index contributed by atoms with van der Waals surface area (Å²) in [5, 5.41) is 12.9. The molecule has 30 heavy (non-hydrogen) atoms. The van der Waals surface area contributed by atoms with E-state index in [-0.39, 0.29) is 28.6 Å². The number of pyridine rings is 3. The van der Waals surface area contributed by atoms with Gasteiger partial charge in [0.05, 0.1) is 28.3 Å². The fraction of sp³-hybridized carbons (Fsp3) is 0.364. The number of fused-ring (bicyclic) bond motifs is 1. The molecule has 1 amide bonds. The van der Waals surface area contributed by atoms with Crippen molar-refractivity contribution in [1.29, 1.82) is 0 Å². The highest BCUT2D eigenvalue weighted by Crippen LogP contribution is 2.31. The number of aromatic nitrogens is 3. The number of aryl methyl sites for hydroxylation is 2. The molecule has 0 saturated heterocycles. The minimum atomic E-state index is -0.712. The zero-order chi connectivity index (χ0) is 21.6. The Kier molecular flexibility index (Phi) is 5.11. The Labute approximate surface area is 172 Å². The molecule has 2 N–H and O–H groups in total. The van der Waals surface area contributed by atoms with Crippen molar-refractivity contribution < 1.29 is 14.3 Å². The quantitative estimate of drug-likeness (QED) is 0.673. The van der Waals surface area contributed by atoms with Crippen LogP contribution >= 0.6 is 0 Å². The summed E-state index contributed by atoms with van der Waals surface area (Å²) in [6, 6.07) is 3.18. The number of carbonyl (C=O) groups excluding carboxylic acids is 1. The Bertz CT molecular complexity index is 1220. The van der Waals surface area contributed by atoms with E-state index in [9.17, 15) is 14.7 Å². The maximum absolute atomic E-state index is 15.4. The van der Waals surface area contributed by atoms with E-state index in [1.807, 2.05) is 6.92 Å². The topological polar surface area (TPSA) is 97.1 Å². The molecular weight excluding hydrogens is 387 g/mol. The number of halogens is 1. The first-order chi connectivity index (χ1) is 14.3. The van der Waals surface area contributed by atoms with Crippen LogP contribution in [0, 0.1) is 18.7 Å². The summed E-state index contributed by atoms with van der Waals surface area (Å²) in [6.07, 6.45) is 4.26. The van der Waals surface area contributed by atoms with Gasteiger partial charge in [0, 0.05) is 37.0 Å². The zero-order valence-electron chi connectivity index (χ0n) is 17.1. The smallest absolute Gasteiger partial charge is 0.261 e. The first kappa shape index (κ1) is 20.2. The van der Waals surface area contributed by atoms with Gasteiger partial charge in [-0.15, -0.1) is 0 Å². The molecule has 0 spiro atoms. The lowest BCUT2D eigenvalue weighted by atomic mass is 10.00. The van der Waals surface area contributed by atoms with Crippen LogP contribution in [0.2, 0.25) is 0 Å². The molecule has 7 nitrogen and oxygen atoms in total. The first-order valence-electron chi connectivity index (χ1n) is 9.95. The Hall–Kier alpha value is -3.13. The Morgan fingerprint density at radius 3 is 2.70 bits per heavy atom. The summed E-state index contributed by atoms with van der Waals surface area (Å²) in [4.78, 5) is 33.4. The summed E-state index contributed by atoms with van der Waals surface area (Å²) < 4.78 is 16.8. The highest BCUT2D eigenvalue weighted by atomic mass is 19.1. The van der Waals surface area contributed by atoms with E-state index in [2.05, 4.69) is 15.3 Å². The molecule has 0 radical (unpaired) electrons. The minimum absolute atomic E-state index is 0.00935. The molecule has 4 rings (SSSR count).